The number of hydrogen-bond donors (Lipinski definition) is 1. The molecule has 2 aromatic rings. The summed E-state index contributed by atoms with van der Waals surface area (Å²) < 4.78 is 2.68. The maximum atomic E-state index is 8.90. The van der Waals surface area contributed by atoms with E-state index in [0.29, 0.717) is 6.42 Å². The molecule has 1 aromatic carbocycles. The van der Waals surface area contributed by atoms with Gasteiger partial charge in [-0.2, -0.15) is 0 Å². The van der Waals surface area contributed by atoms with Gasteiger partial charge in [-0.3, -0.25) is 0 Å². The molecule has 1 N–H and O–H groups in total. The average molecular weight is 268 g/mol. The lowest BCUT2D eigenvalue weighted by molar-refractivity contribution is 0.297. The summed E-state index contributed by atoms with van der Waals surface area (Å²) in [6.07, 6.45) is 2.21. The molecule has 1 aromatic heterocycles. The van der Waals surface area contributed by atoms with E-state index in [2.05, 4.69) is 26.2 Å². The Hall–Kier alpha value is -1.20. The predicted molar refractivity (Wildman–Crippen MR) is 59.8 cm³/mol. The van der Waals surface area contributed by atoms with Gasteiger partial charge in [-0.15, -0.1) is 5.10 Å². The zero-order valence-corrected chi connectivity index (χ0v) is 9.55. The van der Waals surface area contributed by atoms with Crippen LogP contribution < -0.4 is 0 Å². The van der Waals surface area contributed by atoms with E-state index in [4.69, 9.17) is 5.11 Å². The van der Waals surface area contributed by atoms with Crippen LogP contribution in [0.25, 0.3) is 5.69 Å². The van der Waals surface area contributed by atoms with Crippen molar-refractivity contribution in [3.8, 4) is 5.69 Å². The highest BCUT2D eigenvalue weighted by molar-refractivity contribution is 9.10. The molecule has 0 aliphatic carbocycles. The molecule has 15 heavy (non-hydrogen) atoms. The Morgan fingerprint density at radius 3 is 2.87 bits per heavy atom. The van der Waals surface area contributed by atoms with Gasteiger partial charge in [0.05, 0.1) is 17.6 Å². The molecule has 0 spiro atoms. The van der Waals surface area contributed by atoms with E-state index in [1.165, 1.54) is 0 Å². The molecule has 1 heterocycles. The normalized spacial score (nSPS) is 10.5. The summed E-state index contributed by atoms with van der Waals surface area (Å²) in [6, 6.07) is 7.76. The van der Waals surface area contributed by atoms with Crippen LogP contribution in [0.5, 0.6) is 0 Å². The number of hydrogen-bond acceptors (Lipinski definition) is 3. The Kier molecular flexibility index (Phi) is 3.13. The summed E-state index contributed by atoms with van der Waals surface area (Å²) in [5.74, 6) is 0. The number of para-hydroxylation sites is 1. The molecule has 2 rings (SSSR count). The minimum Gasteiger partial charge on any atom is -0.396 e. The van der Waals surface area contributed by atoms with Crippen molar-refractivity contribution in [2.45, 2.75) is 6.42 Å². The van der Waals surface area contributed by atoms with Crippen LogP contribution in [0, 0.1) is 0 Å². The minimum atomic E-state index is 0.0951. The smallest absolute Gasteiger partial charge is 0.0808 e. The van der Waals surface area contributed by atoms with Gasteiger partial charge < -0.3 is 5.11 Å². The summed E-state index contributed by atoms with van der Waals surface area (Å²) in [5, 5.41) is 16.7. The van der Waals surface area contributed by atoms with E-state index in [1.54, 1.807) is 10.9 Å². The van der Waals surface area contributed by atoms with Crippen LogP contribution in [0.4, 0.5) is 0 Å². The van der Waals surface area contributed by atoms with Gasteiger partial charge in [-0.1, -0.05) is 17.3 Å². The van der Waals surface area contributed by atoms with Crippen LogP contribution in [0.1, 0.15) is 5.69 Å². The van der Waals surface area contributed by atoms with Crippen molar-refractivity contribution in [3.05, 3.63) is 40.6 Å². The second-order valence-electron chi connectivity index (χ2n) is 3.06. The first-order valence-electron chi connectivity index (χ1n) is 4.58. The van der Waals surface area contributed by atoms with Gasteiger partial charge in [0.1, 0.15) is 0 Å². The number of benzene rings is 1. The first kappa shape index (κ1) is 10.3. The Morgan fingerprint density at radius 1 is 1.33 bits per heavy atom. The third kappa shape index (κ3) is 2.08. The van der Waals surface area contributed by atoms with Crippen molar-refractivity contribution in [3.63, 3.8) is 0 Å². The van der Waals surface area contributed by atoms with Crippen molar-refractivity contribution >= 4 is 15.9 Å². The number of nitrogens with zero attached hydrogens (tertiary/aromatic N) is 3. The lowest BCUT2D eigenvalue weighted by Crippen LogP contribution is -2.04. The number of aromatic nitrogens is 3. The fourth-order valence-corrected chi connectivity index (χ4v) is 1.82. The van der Waals surface area contributed by atoms with Gasteiger partial charge in [-0.25, -0.2) is 4.68 Å². The highest BCUT2D eigenvalue weighted by Crippen LogP contribution is 2.20. The lowest BCUT2D eigenvalue weighted by atomic mass is 10.3. The van der Waals surface area contributed by atoms with Crippen LogP contribution in [0.3, 0.4) is 0 Å². The van der Waals surface area contributed by atoms with Crippen molar-refractivity contribution < 1.29 is 5.11 Å². The molecular weight excluding hydrogens is 258 g/mol. The monoisotopic (exact) mass is 267 g/mol. The van der Waals surface area contributed by atoms with Crippen LogP contribution in [0.15, 0.2) is 34.9 Å². The fourth-order valence-electron chi connectivity index (χ4n) is 1.37. The van der Waals surface area contributed by atoms with Crippen molar-refractivity contribution in [2.24, 2.45) is 0 Å². The van der Waals surface area contributed by atoms with E-state index < -0.39 is 0 Å². The zero-order valence-electron chi connectivity index (χ0n) is 7.97. The molecule has 0 unspecified atom stereocenters. The Morgan fingerprint density at radius 2 is 2.13 bits per heavy atom. The molecule has 5 heteroatoms. The topological polar surface area (TPSA) is 50.9 Å². The number of aliphatic hydroxyl groups is 1. The zero-order chi connectivity index (χ0) is 10.7. The second-order valence-corrected chi connectivity index (χ2v) is 3.92. The summed E-state index contributed by atoms with van der Waals surface area (Å²) in [7, 11) is 0. The molecule has 0 saturated carbocycles. The van der Waals surface area contributed by atoms with Crippen LogP contribution in [-0.2, 0) is 6.42 Å². The predicted octanol–water partition coefficient (Wildman–Crippen LogP) is 1.56. The van der Waals surface area contributed by atoms with Gasteiger partial charge in [0.15, 0.2) is 0 Å². The molecule has 78 valence electrons. The van der Waals surface area contributed by atoms with Gasteiger partial charge in [-0.05, 0) is 28.1 Å². The van der Waals surface area contributed by atoms with E-state index >= 15 is 0 Å². The Bertz CT molecular complexity index is 455. The summed E-state index contributed by atoms with van der Waals surface area (Å²) in [5.41, 5.74) is 1.82. The largest absolute Gasteiger partial charge is 0.396 e. The molecule has 0 aliphatic rings. The third-order valence-electron chi connectivity index (χ3n) is 2.07. The van der Waals surface area contributed by atoms with Crippen molar-refractivity contribution in [1.29, 1.82) is 0 Å². The van der Waals surface area contributed by atoms with E-state index in [0.717, 1.165) is 15.9 Å². The molecule has 0 saturated heterocycles. The Labute approximate surface area is 95.7 Å². The van der Waals surface area contributed by atoms with Crippen LogP contribution >= 0.6 is 15.9 Å². The van der Waals surface area contributed by atoms with Crippen molar-refractivity contribution in [1.82, 2.24) is 15.0 Å². The minimum absolute atomic E-state index is 0.0951. The fraction of sp³-hybridized carbons (Fsp3) is 0.200. The van der Waals surface area contributed by atoms with E-state index in [-0.39, 0.29) is 6.61 Å². The van der Waals surface area contributed by atoms with Gasteiger partial charge in [0, 0.05) is 17.5 Å². The standard InChI is InChI=1S/C10H10BrN3O/c11-9-3-1-2-4-10(9)14-8(5-6-15)7-12-13-14/h1-4,7,15H,5-6H2. The molecule has 0 amide bonds. The third-order valence-corrected chi connectivity index (χ3v) is 2.74. The number of aliphatic hydroxyl groups excluding tert-OH is 1. The summed E-state index contributed by atoms with van der Waals surface area (Å²) in [4.78, 5) is 0. The first-order chi connectivity index (χ1) is 7.33. The molecule has 0 fully saturated rings. The molecular formula is C10H10BrN3O. The summed E-state index contributed by atoms with van der Waals surface area (Å²) >= 11 is 3.45. The number of rotatable bonds is 3. The summed E-state index contributed by atoms with van der Waals surface area (Å²) in [6.45, 7) is 0.0951. The van der Waals surface area contributed by atoms with Crippen LogP contribution in [0.2, 0.25) is 0 Å². The van der Waals surface area contributed by atoms with Crippen molar-refractivity contribution in [2.75, 3.05) is 6.61 Å². The molecule has 0 radical (unpaired) electrons. The Balaban J connectivity index is 2.45. The van der Waals surface area contributed by atoms with Crippen LogP contribution in [-0.4, -0.2) is 26.7 Å². The van der Waals surface area contributed by atoms with Gasteiger partial charge in [0.25, 0.3) is 0 Å². The van der Waals surface area contributed by atoms with Gasteiger partial charge >= 0.3 is 0 Å². The molecule has 0 aliphatic heterocycles. The number of halogens is 1. The molecule has 0 bridgehead atoms. The molecule has 4 nitrogen and oxygen atoms in total. The first-order valence-corrected chi connectivity index (χ1v) is 5.37. The second kappa shape index (κ2) is 4.55. The lowest BCUT2D eigenvalue weighted by Gasteiger charge is -2.06. The average Bonchev–Trinajstić information content (AvgIpc) is 2.67. The maximum Gasteiger partial charge on any atom is 0.0808 e. The van der Waals surface area contributed by atoms with Gasteiger partial charge in [0.2, 0.25) is 0 Å². The quantitative estimate of drug-likeness (QED) is 0.919. The molecule has 0 atom stereocenters. The van der Waals surface area contributed by atoms with E-state index in [9.17, 15) is 0 Å². The maximum absolute atomic E-state index is 8.90. The highest BCUT2D eigenvalue weighted by Gasteiger charge is 2.07. The SMILES string of the molecule is OCCc1cnnn1-c1ccccc1Br. The highest BCUT2D eigenvalue weighted by atomic mass is 79.9. The van der Waals surface area contributed by atoms with E-state index in [1.807, 2.05) is 24.3 Å².